The minimum Gasteiger partial charge on any atom is -0.296 e. The molecular weight excluding hydrogens is 520 g/mol. The molecule has 8 aromatic rings. The highest BCUT2D eigenvalue weighted by Crippen LogP contribution is 2.44. The van der Waals surface area contributed by atoms with E-state index in [1.54, 1.807) is 91.0 Å². The number of hydrogen-bond donors (Lipinski definition) is 0. The molecule has 0 fully saturated rings. The van der Waals surface area contributed by atoms with E-state index >= 15 is 0 Å². The Kier molecular flexibility index (Phi) is 3.42. The summed E-state index contributed by atoms with van der Waals surface area (Å²) in [6.07, 6.45) is -2.80. The minimum absolute atomic E-state index is 0.0582. The molecule has 0 saturated heterocycles. The molecule has 0 saturated carbocycles. The molecule has 0 aliphatic carbocycles. The van der Waals surface area contributed by atoms with Gasteiger partial charge in [0, 0.05) is 18.9 Å². The topological polar surface area (TPSA) is 17.8 Å². The molecule has 7 aromatic carbocycles. The molecule has 0 atom stereocenters. The van der Waals surface area contributed by atoms with Crippen LogP contribution in [0.15, 0.2) is 151 Å². The number of benzene rings is 7. The fourth-order valence-electron chi connectivity index (χ4n) is 5.82. The highest BCUT2D eigenvalue weighted by Gasteiger charge is 2.17. The van der Waals surface area contributed by atoms with Crippen molar-refractivity contribution in [2.75, 3.05) is 0 Å². The summed E-state index contributed by atoms with van der Waals surface area (Å²) < 4.78 is 129. The normalized spacial score (nSPS) is 17.1. The van der Waals surface area contributed by atoms with Gasteiger partial charge in [0.05, 0.1) is 24.7 Å². The van der Waals surface area contributed by atoms with E-state index < -0.39 is 73.6 Å². The molecule has 2 nitrogen and oxygen atoms in total. The lowest BCUT2D eigenvalue weighted by atomic mass is 9.85. The van der Waals surface area contributed by atoms with Crippen molar-refractivity contribution in [1.82, 2.24) is 9.55 Å². The first-order chi connectivity index (χ1) is 27.4. The number of fused-ring (bicyclic) bond motifs is 3. The van der Waals surface area contributed by atoms with Gasteiger partial charge in [-0.25, -0.2) is 4.98 Å². The van der Waals surface area contributed by atoms with Gasteiger partial charge in [-0.2, -0.15) is 0 Å². The lowest BCUT2D eigenvalue weighted by molar-refractivity contribution is 0.908. The number of rotatable bonds is 5. The molecule has 0 bridgehead atoms. The maximum Gasteiger partial charge on any atom is 0.114 e. The van der Waals surface area contributed by atoms with Crippen molar-refractivity contribution in [3.8, 4) is 39.1 Å². The van der Waals surface area contributed by atoms with Crippen LogP contribution in [0, 0.1) is 0 Å². The summed E-state index contributed by atoms with van der Waals surface area (Å²) in [6, 6.07) is 20.8. The maximum atomic E-state index is 8.98. The molecule has 204 valence electrons. The van der Waals surface area contributed by atoms with Gasteiger partial charge < -0.3 is 0 Å². The van der Waals surface area contributed by atoms with Gasteiger partial charge >= 0.3 is 0 Å². The predicted octanol–water partition coefficient (Wildman–Crippen LogP) is 10.9. The third kappa shape index (κ3) is 4.23. The van der Waals surface area contributed by atoms with Crippen molar-refractivity contribution in [3.63, 3.8) is 0 Å². The van der Waals surface area contributed by atoms with E-state index in [2.05, 4.69) is 4.98 Å². The van der Waals surface area contributed by atoms with Crippen LogP contribution >= 0.6 is 0 Å². The van der Waals surface area contributed by atoms with Crippen molar-refractivity contribution < 1.29 is 20.6 Å². The quantitative estimate of drug-likeness (QED) is 0.190. The SMILES string of the molecule is [2H]c1c([2H])c([2H])c(-c2c3ccccc3c(-c3c([2H])c([2H])c([2H])c([2H])c3[2H])c3cc(-c4ccc(-n5c(C([2H])([2H])C([2H])([2H])[2H])nc6ccccc65)cc4)ccc23)c([2H])c1[2H]. The van der Waals surface area contributed by atoms with E-state index in [1.807, 2.05) is 0 Å². The van der Waals surface area contributed by atoms with E-state index in [4.69, 9.17) is 20.6 Å². The van der Waals surface area contributed by atoms with Gasteiger partial charge in [-0.3, -0.25) is 4.57 Å². The van der Waals surface area contributed by atoms with Crippen LogP contribution < -0.4 is 0 Å². The fraction of sp³-hybridized carbons (Fsp3) is 0.0488. The molecule has 0 radical (unpaired) electrons. The summed E-state index contributed by atoms with van der Waals surface area (Å²) in [5.41, 5.74) is 3.06. The van der Waals surface area contributed by atoms with Crippen molar-refractivity contribution in [2.24, 2.45) is 0 Å². The molecule has 1 heterocycles. The Balaban J connectivity index is 1.43. The molecular formula is C41H30N2. The number of aryl methyl sites for hydroxylation is 1. The largest absolute Gasteiger partial charge is 0.296 e. The van der Waals surface area contributed by atoms with E-state index in [-0.39, 0.29) is 17.0 Å². The maximum absolute atomic E-state index is 8.98. The van der Waals surface area contributed by atoms with Gasteiger partial charge in [0.1, 0.15) is 5.82 Å². The third-order valence-electron chi connectivity index (χ3n) is 7.66. The highest BCUT2D eigenvalue weighted by atomic mass is 15.1. The molecule has 0 amide bonds. The lowest BCUT2D eigenvalue weighted by Crippen LogP contribution is -1.99. The first-order valence-corrected chi connectivity index (χ1v) is 13.6. The summed E-state index contributed by atoms with van der Waals surface area (Å²) in [5, 5.41) is 1.65. The first kappa shape index (κ1) is 14.1. The second-order valence-corrected chi connectivity index (χ2v) is 9.99. The number of hydrogen-bond acceptors (Lipinski definition) is 1. The van der Waals surface area contributed by atoms with Crippen molar-refractivity contribution in [3.05, 3.63) is 157 Å². The van der Waals surface area contributed by atoms with Crippen molar-refractivity contribution in [2.45, 2.75) is 13.2 Å². The van der Waals surface area contributed by atoms with Crippen molar-refractivity contribution >= 4 is 32.6 Å². The molecule has 8 rings (SSSR count). The summed E-state index contributed by atoms with van der Waals surface area (Å²) in [4.78, 5) is 4.40. The van der Waals surface area contributed by atoms with E-state index in [9.17, 15) is 0 Å². The summed E-state index contributed by atoms with van der Waals surface area (Å²) >= 11 is 0. The van der Waals surface area contributed by atoms with Gasteiger partial charge in [-0.15, -0.1) is 0 Å². The lowest BCUT2D eigenvalue weighted by Gasteiger charge is -2.19. The van der Waals surface area contributed by atoms with Gasteiger partial charge in [-0.1, -0.05) is 128 Å². The van der Waals surface area contributed by atoms with Gasteiger partial charge in [0.15, 0.2) is 0 Å². The molecule has 43 heavy (non-hydrogen) atoms. The van der Waals surface area contributed by atoms with E-state index in [0.29, 0.717) is 60.5 Å². The zero-order valence-electron chi connectivity index (χ0n) is 37.6. The monoisotopic (exact) mass is 565 g/mol. The Labute approximate surface area is 272 Å². The summed E-state index contributed by atoms with van der Waals surface area (Å²) in [5.74, 6) is -0.289. The van der Waals surface area contributed by atoms with Crippen LogP contribution in [0.2, 0.25) is 0 Å². The number of imidazole rings is 1. The molecule has 0 unspecified atom stereocenters. The fourth-order valence-corrected chi connectivity index (χ4v) is 5.82. The van der Waals surface area contributed by atoms with Crippen LogP contribution in [0.1, 0.15) is 33.2 Å². The molecule has 0 spiro atoms. The van der Waals surface area contributed by atoms with Crippen LogP contribution in [0.25, 0.3) is 71.6 Å². The zero-order valence-corrected chi connectivity index (χ0v) is 22.6. The molecule has 2 heteroatoms. The summed E-state index contributed by atoms with van der Waals surface area (Å²) in [7, 11) is 0. The minimum atomic E-state index is -3.02. The molecule has 0 aliphatic heterocycles. The van der Waals surface area contributed by atoms with Gasteiger partial charge in [-0.05, 0) is 85.3 Å². The molecule has 0 aliphatic rings. The second-order valence-electron chi connectivity index (χ2n) is 9.99. The Morgan fingerprint density at radius 2 is 1.19 bits per heavy atom. The van der Waals surface area contributed by atoms with Crippen LogP contribution in [0.3, 0.4) is 0 Å². The number of nitrogens with zero attached hydrogens (tertiary/aromatic N) is 2. The smallest absolute Gasteiger partial charge is 0.114 e. The van der Waals surface area contributed by atoms with Crippen LogP contribution in [-0.4, -0.2) is 9.55 Å². The van der Waals surface area contributed by atoms with Crippen LogP contribution in [-0.2, 0) is 6.37 Å². The number of para-hydroxylation sites is 2. The Morgan fingerprint density at radius 3 is 1.86 bits per heavy atom. The van der Waals surface area contributed by atoms with Crippen molar-refractivity contribution in [1.29, 1.82) is 0 Å². The highest BCUT2D eigenvalue weighted by molar-refractivity contribution is 6.21. The standard InChI is InChI=1S/C41H30N2/c1-2-39-42-37-19-11-12-20-38(37)43(39)32-24-21-28(22-25-32)31-23-26-35-36(27-31)41(30-15-7-4-8-16-30)34-18-10-9-17-33(34)40(35)29-13-5-3-6-14-29/h3-27H,2H2,1H3/i1D3,2D2,3D,4D,5D,6D,7D,8D,13D,14D,15D,16D. The predicted molar refractivity (Wildman–Crippen MR) is 182 cm³/mol. The number of aromatic nitrogens is 2. The van der Waals surface area contributed by atoms with E-state index in [1.165, 1.54) is 4.57 Å². The average Bonchev–Trinajstić information content (AvgIpc) is 3.61. The van der Waals surface area contributed by atoms with Gasteiger partial charge in [0.2, 0.25) is 0 Å². The second kappa shape index (κ2) is 10.4. The Morgan fingerprint density at radius 1 is 0.605 bits per heavy atom. The average molecular weight is 566 g/mol. The van der Waals surface area contributed by atoms with Crippen LogP contribution in [0.5, 0.6) is 0 Å². The molecule has 1 aromatic heterocycles. The Hall–Kier alpha value is -5.47. The zero-order chi connectivity index (χ0) is 41.7. The molecule has 0 N–H and O–H groups in total. The summed E-state index contributed by atoms with van der Waals surface area (Å²) in [6.45, 7) is -3.02. The van der Waals surface area contributed by atoms with E-state index in [0.717, 1.165) is 0 Å². The third-order valence-corrected chi connectivity index (χ3v) is 7.66. The Bertz CT molecular complexity index is 2960. The first-order valence-electron chi connectivity index (χ1n) is 21.1. The van der Waals surface area contributed by atoms with Crippen LogP contribution in [0.4, 0.5) is 0 Å². The van der Waals surface area contributed by atoms with Gasteiger partial charge in [0.25, 0.3) is 0 Å².